The predicted molar refractivity (Wildman–Crippen MR) is 69.8 cm³/mol. The van der Waals surface area contributed by atoms with Gasteiger partial charge in [-0.25, -0.2) is 14.6 Å². The Morgan fingerprint density at radius 2 is 2.15 bits per heavy atom. The van der Waals surface area contributed by atoms with Crippen LogP contribution in [0.15, 0.2) is 16.5 Å². The van der Waals surface area contributed by atoms with Crippen molar-refractivity contribution >= 4 is 22.7 Å². The van der Waals surface area contributed by atoms with Crippen LogP contribution in [0.5, 0.6) is 0 Å². The van der Waals surface area contributed by atoms with Crippen LogP contribution >= 0.6 is 0 Å². The summed E-state index contributed by atoms with van der Waals surface area (Å²) in [5.41, 5.74) is 6.82. The number of fused-ring (bicyclic) bond motifs is 1. The van der Waals surface area contributed by atoms with E-state index in [1.807, 2.05) is 0 Å². The van der Waals surface area contributed by atoms with Crippen LogP contribution in [0.1, 0.15) is 5.82 Å². The molecule has 20 heavy (non-hydrogen) atoms. The average molecular weight is 274 g/mol. The van der Waals surface area contributed by atoms with E-state index in [0.717, 1.165) is 0 Å². The van der Waals surface area contributed by atoms with Gasteiger partial charge in [-0.2, -0.15) is 5.10 Å². The zero-order valence-electron chi connectivity index (χ0n) is 10.7. The maximum atomic E-state index is 10.7. The Labute approximate surface area is 112 Å². The Hall–Kier alpha value is -2.97. The summed E-state index contributed by atoms with van der Waals surface area (Å²) in [6.45, 7) is 1.72. The molecule has 9 nitrogen and oxygen atoms in total. The fourth-order valence-corrected chi connectivity index (χ4v) is 2.01. The number of nitro groups is 1. The standard InChI is InChI=1S/C11H10N6O3/c1-5-13-10(12)8-9(15-16(2)11(8)14-5)6-3-4-7(20-6)17(18)19/h3-4H,1-2H3,(H2,12,13,14). The first-order valence-electron chi connectivity index (χ1n) is 5.69. The third-order valence-corrected chi connectivity index (χ3v) is 2.83. The largest absolute Gasteiger partial charge is 0.433 e. The molecule has 0 saturated carbocycles. The molecular weight excluding hydrogens is 264 g/mol. The summed E-state index contributed by atoms with van der Waals surface area (Å²) in [4.78, 5) is 18.4. The molecule has 3 aromatic rings. The van der Waals surface area contributed by atoms with E-state index >= 15 is 0 Å². The number of furan rings is 1. The van der Waals surface area contributed by atoms with Crippen LogP contribution in [0.2, 0.25) is 0 Å². The quantitative estimate of drug-likeness (QED) is 0.553. The smallest absolute Gasteiger partial charge is 0.399 e. The summed E-state index contributed by atoms with van der Waals surface area (Å²) < 4.78 is 6.68. The lowest BCUT2D eigenvalue weighted by atomic mass is 10.2. The van der Waals surface area contributed by atoms with Crippen molar-refractivity contribution in [2.45, 2.75) is 6.92 Å². The van der Waals surface area contributed by atoms with Crippen LogP contribution in [-0.4, -0.2) is 24.7 Å². The molecule has 0 atom stereocenters. The number of nitrogens with zero attached hydrogens (tertiary/aromatic N) is 5. The highest BCUT2D eigenvalue weighted by atomic mass is 16.6. The van der Waals surface area contributed by atoms with Gasteiger partial charge in [-0.1, -0.05) is 0 Å². The molecule has 3 rings (SSSR count). The number of aryl methyl sites for hydroxylation is 2. The van der Waals surface area contributed by atoms with Gasteiger partial charge in [-0.3, -0.25) is 10.1 Å². The van der Waals surface area contributed by atoms with E-state index in [1.165, 1.54) is 16.8 Å². The van der Waals surface area contributed by atoms with Crippen LogP contribution in [0, 0.1) is 17.0 Å². The Morgan fingerprint density at radius 1 is 1.40 bits per heavy atom. The van der Waals surface area contributed by atoms with Crippen LogP contribution in [-0.2, 0) is 7.05 Å². The van der Waals surface area contributed by atoms with Crippen molar-refractivity contribution in [1.29, 1.82) is 0 Å². The highest BCUT2D eigenvalue weighted by Crippen LogP contribution is 2.32. The highest BCUT2D eigenvalue weighted by Gasteiger charge is 2.21. The van der Waals surface area contributed by atoms with Gasteiger partial charge in [-0.05, 0) is 13.0 Å². The predicted octanol–water partition coefficient (Wildman–Crippen LogP) is 1.42. The summed E-state index contributed by atoms with van der Waals surface area (Å²) in [5, 5.41) is 15.4. The van der Waals surface area contributed by atoms with Crippen molar-refractivity contribution in [1.82, 2.24) is 19.7 Å². The van der Waals surface area contributed by atoms with Crippen molar-refractivity contribution in [3.8, 4) is 11.5 Å². The van der Waals surface area contributed by atoms with Gasteiger partial charge in [0.2, 0.25) is 0 Å². The molecule has 0 radical (unpaired) electrons. The van der Waals surface area contributed by atoms with Gasteiger partial charge in [0.05, 0.1) is 11.5 Å². The molecular formula is C11H10N6O3. The number of aromatic nitrogens is 4. The second-order valence-corrected chi connectivity index (χ2v) is 4.22. The van der Waals surface area contributed by atoms with Gasteiger partial charge < -0.3 is 10.2 Å². The molecule has 0 aliphatic rings. The average Bonchev–Trinajstić information content (AvgIpc) is 2.95. The minimum atomic E-state index is -0.612. The fourth-order valence-electron chi connectivity index (χ4n) is 2.01. The second-order valence-electron chi connectivity index (χ2n) is 4.22. The molecule has 0 unspecified atom stereocenters. The van der Waals surface area contributed by atoms with E-state index in [-0.39, 0.29) is 17.5 Å². The van der Waals surface area contributed by atoms with E-state index in [4.69, 9.17) is 10.2 Å². The lowest BCUT2D eigenvalue weighted by Crippen LogP contribution is -1.99. The van der Waals surface area contributed by atoms with Gasteiger partial charge in [0.15, 0.2) is 11.4 Å². The van der Waals surface area contributed by atoms with Crippen LogP contribution < -0.4 is 5.73 Å². The second kappa shape index (κ2) is 4.02. The third kappa shape index (κ3) is 1.67. The summed E-state index contributed by atoms with van der Waals surface area (Å²) >= 11 is 0. The van der Waals surface area contributed by atoms with Gasteiger partial charge in [0.25, 0.3) is 0 Å². The zero-order valence-corrected chi connectivity index (χ0v) is 10.7. The van der Waals surface area contributed by atoms with Crippen molar-refractivity contribution in [2.24, 2.45) is 7.05 Å². The van der Waals surface area contributed by atoms with Crippen LogP contribution in [0.3, 0.4) is 0 Å². The molecule has 3 heterocycles. The molecule has 0 saturated heterocycles. The first kappa shape index (κ1) is 12.1. The normalized spacial score (nSPS) is 11.1. The molecule has 0 aromatic carbocycles. The number of hydrogen-bond donors (Lipinski definition) is 1. The van der Waals surface area contributed by atoms with E-state index in [0.29, 0.717) is 22.6 Å². The Balaban J connectivity index is 2.28. The molecule has 3 aromatic heterocycles. The zero-order chi connectivity index (χ0) is 14.4. The highest BCUT2D eigenvalue weighted by molar-refractivity contribution is 5.97. The van der Waals surface area contributed by atoms with E-state index in [1.54, 1.807) is 14.0 Å². The molecule has 0 aliphatic heterocycles. The summed E-state index contributed by atoms with van der Waals surface area (Å²) in [6, 6.07) is 2.74. The van der Waals surface area contributed by atoms with Gasteiger partial charge in [0.1, 0.15) is 22.3 Å². The van der Waals surface area contributed by atoms with Gasteiger partial charge in [-0.15, -0.1) is 0 Å². The lowest BCUT2D eigenvalue weighted by Gasteiger charge is -1.98. The SMILES string of the molecule is Cc1nc(N)c2c(-c3ccc([N+](=O)[O-])o3)nn(C)c2n1. The minimum Gasteiger partial charge on any atom is -0.399 e. The van der Waals surface area contributed by atoms with Crippen molar-refractivity contribution < 1.29 is 9.34 Å². The Bertz CT molecular complexity index is 834. The number of rotatable bonds is 2. The third-order valence-electron chi connectivity index (χ3n) is 2.83. The fraction of sp³-hybridized carbons (Fsp3) is 0.182. The monoisotopic (exact) mass is 274 g/mol. The molecule has 0 spiro atoms. The maximum Gasteiger partial charge on any atom is 0.433 e. The van der Waals surface area contributed by atoms with E-state index < -0.39 is 4.92 Å². The molecule has 0 aliphatic carbocycles. The Morgan fingerprint density at radius 3 is 2.80 bits per heavy atom. The Kier molecular flexibility index (Phi) is 2.43. The number of anilines is 1. The summed E-state index contributed by atoms with van der Waals surface area (Å²) in [7, 11) is 1.70. The van der Waals surface area contributed by atoms with Crippen LogP contribution in [0.4, 0.5) is 11.7 Å². The van der Waals surface area contributed by atoms with Gasteiger partial charge >= 0.3 is 5.88 Å². The number of hydrogen-bond acceptors (Lipinski definition) is 7. The van der Waals surface area contributed by atoms with Crippen molar-refractivity contribution in [3.63, 3.8) is 0 Å². The van der Waals surface area contributed by atoms with Crippen molar-refractivity contribution in [3.05, 3.63) is 28.1 Å². The van der Waals surface area contributed by atoms with E-state index in [2.05, 4.69) is 15.1 Å². The molecule has 102 valence electrons. The molecule has 0 amide bonds. The molecule has 0 fully saturated rings. The minimum absolute atomic E-state index is 0.251. The first-order chi connectivity index (χ1) is 9.47. The molecule has 2 N–H and O–H groups in total. The summed E-state index contributed by atoms with van der Waals surface area (Å²) in [6.07, 6.45) is 0. The van der Waals surface area contributed by atoms with Crippen LogP contribution in [0.25, 0.3) is 22.5 Å². The first-order valence-corrected chi connectivity index (χ1v) is 5.69. The number of nitrogen functional groups attached to an aromatic ring is 1. The summed E-state index contributed by atoms with van der Waals surface area (Å²) in [5.74, 6) is 0.677. The topological polar surface area (TPSA) is 126 Å². The lowest BCUT2D eigenvalue weighted by molar-refractivity contribution is -0.401. The number of nitrogens with two attached hydrogens (primary N) is 1. The molecule has 9 heteroatoms. The van der Waals surface area contributed by atoms with Crippen molar-refractivity contribution in [2.75, 3.05) is 5.73 Å². The molecule has 0 bridgehead atoms. The van der Waals surface area contributed by atoms with Gasteiger partial charge in [0, 0.05) is 7.05 Å². The maximum absolute atomic E-state index is 10.7. The van der Waals surface area contributed by atoms with E-state index in [9.17, 15) is 10.1 Å².